The van der Waals surface area contributed by atoms with Crippen LogP contribution in [0, 0.1) is 12.7 Å². The largest absolute Gasteiger partial charge is 0.481 e. The summed E-state index contributed by atoms with van der Waals surface area (Å²) in [5.41, 5.74) is 0.712. The van der Waals surface area contributed by atoms with Crippen LogP contribution in [-0.2, 0) is 4.79 Å². The number of Topliss-reactive ketones (excluding diaryl/α,β-unsaturated/α-hetero) is 1. The first kappa shape index (κ1) is 17.3. The zero-order valence-electron chi connectivity index (χ0n) is 12.5. The first-order valence-corrected chi connectivity index (χ1v) is 7.21. The lowest BCUT2D eigenvalue weighted by Gasteiger charge is -2.16. The van der Waals surface area contributed by atoms with Gasteiger partial charge >= 0.3 is 5.97 Å². The lowest BCUT2D eigenvalue weighted by molar-refractivity contribution is -0.137. The number of carboxylic acids is 1. The lowest BCUT2D eigenvalue weighted by Crippen LogP contribution is -2.39. The van der Waals surface area contributed by atoms with Gasteiger partial charge < -0.3 is 10.4 Å². The minimum absolute atomic E-state index is 0.276. The second-order valence-electron chi connectivity index (χ2n) is 5.14. The summed E-state index contributed by atoms with van der Waals surface area (Å²) >= 11 is 0. The van der Waals surface area contributed by atoms with E-state index < -0.39 is 12.0 Å². The maximum absolute atomic E-state index is 13.2. The molecule has 0 aromatic heterocycles. The topological polar surface area (TPSA) is 66.4 Å². The van der Waals surface area contributed by atoms with Crippen LogP contribution in [0.1, 0.15) is 48.5 Å². The maximum atomic E-state index is 13.2. The van der Waals surface area contributed by atoms with Crippen molar-refractivity contribution in [3.8, 4) is 0 Å². The molecule has 0 aliphatic carbocycles. The van der Waals surface area contributed by atoms with Gasteiger partial charge in [-0.25, -0.2) is 4.39 Å². The molecule has 0 radical (unpaired) electrons. The summed E-state index contributed by atoms with van der Waals surface area (Å²) < 4.78 is 13.2. The van der Waals surface area contributed by atoms with Crippen LogP contribution in [-0.4, -0.2) is 29.4 Å². The Labute approximate surface area is 124 Å². The third-order valence-corrected chi connectivity index (χ3v) is 3.31. The van der Waals surface area contributed by atoms with Crippen molar-refractivity contribution in [2.75, 3.05) is 6.54 Å². The Morgan fingerprint density at radius 1 is 1.33 bits per heavy atom. The van der Waals surface area contributed by atoms with Crippen molar-refractivity contribution in [2.24, 2.45) is 0 Å². The Morgan fingerprint density at radius 3 is 2.62 bits per heavy atom. The molecule has 0 amide bonds. The van der Waals surface area contributed by atoms with E-state index in [9.17, 15) is 14.0 Å². The Morgan fingerprint density at radius 2 is 2.05 bits per heavy atom. The average molecular weight is 295 g/mol. The van der Waals surface area contributed by atoms with Crippen molar-refractivity contribution in [3.63, 3.8) is 0 Å². The average Bonchev–Trinajstić information content (AvgIpc) is 2.44. The van der Waals surface area contributed by atoms with Crippen LogP contribution >= 0.6 is 0 Å². The summed E-state index contributed by atoms with van der Waals surface area (Å²) in [6.45, 7) is 4.24. The second-order valence-corrected chi connectivity index (χ2v) is 5.14. The number of unbranched alkanes of at least 4 members (excludes halogenated alkanes) is 2. The summed E-state index contributed by atoms with van der Waals surface area (Å²) in [5.74, 6) is -1.72. The van der Waals surface area contributed by atoms with Crippen molar-refractivity contribution in [1.29, 1.82) is 0 Å². The molecule has 1 rings (SSSR count). The van der Waals surface area contributed by atoms with Gasteiger partial charge in [0, 0.05) is 5.56 Å². The highest BCUT2D eigenvalue weighted by molar-refractivity contribution is 6.01. The van der Waals surface area contributed by atoms with Crippen molar-refractivity contribution >= 4 is 11.8 Å². The Kier molecular flexibility index (Phi) is 7.02. The summed E-state index contributed by atoms with van der Waals surface area (Å²) in [6, 6.07) is 3.31. The number of nitrogens with one attached hydrogen (secondary N) is 1. The molecule has 5 heteroatoms. The zero-order chi connectivity index (χ0) is 15.8. The Balaban J connectivity index is 2.78. The summed E-state index contributed by atoms with van der Waals surface area (Å²) in [7, 11) is 0. The first-order chi connectivity index (χ1) is 9.95. The fraction of sp³-hybridized carbons (Fsp3) is 0.500. The van der Waals surface area contributed by atoms with Crippen molar-refractivity contribution in [3.05, 3.63) is 35.1 Å². The number of aliphatic carboxylic acids is 1. The van der Waals surface area contributed by atoms with Gasteiger partial charge in [-0.05, 0) is 43.7 Å². The molecule has 2 N–H and O–H groups in total. The molecule has 0 saturated carbocycles. The molecule has 0 heterocycles. The number of ketones is 1. The quantitative estimate of drug-likeness (QED) is 0.543. The summed E-state index contributed by atoms with van der Waals surface area (Å²) in [6.07, 6.45) is 2.69. The zero-order valence-corrected chi connectivity index (χ0v) is 12.5. The number of rotatable bonds is 9. The number of carbonyl (C=O) groups is 2. The van der Waals surface area contributed by atoms with E-state index in [4.69, 9.17) is 5.11 Å². The van der Waals surface area contributed by atoms with Gasteiger partial charge in [0.2, 0.25) is 0 Å². The summed E-state index contributed by atoms with van der Waals surface area (Å²) in [5, 5.41) is 11.9. The first-order valence-electron chi connectivity index (χ1n) is 7.21. The number of hydrogen-bond acceptors (Lipinski definition) is 3. The van der Waals surface area contributed by atoms with Gasteiger partial charge in [0.05, 0.1) is 12.5 Å². The summed E-state index contributed by atoms with van der Waals surface area (Å²) in [4.78, 5) is 23.3. The molecule has 0 aliphatic rings. The minimum Gasteiger partial charge on any atom is -0.481 e. The van der Waals surface area contributed by atoms with Crippen molar-refractivity contribution in [2.45, 2.75) is 45.6 Å². The molecule has 1 aromatic rings. The minimum atomic E-state index is -1.03. The van der Waals surface area contributed by atoms with Gasteiger partial charge in [-0.1, -0.05) is 19.8 Å². The molecule has 0 aliphatic heterocycles. The molecule has 0 saturated heterocycles. The highest BCUT2D eigenvalue weighted by Gasteiger charge is 2.22. The third kappa shape index (κ3) is 5.63. The number of benzene rings is 1. The fourth-order valence-corrected chi connectivity index (χ4v) is 2.08. The van der Waals surface area contributed by atoms with Crippen LogP contribution in [0.5, 0.6) is 0 Å². The van der Waals surface area contributed by atoms with Gasteiger partial charge in [-0.3, -0.25) is 9.59 Å². The predicted molar refractivity (Wildman–Crippen MR) is 79.0 cm³/mol. The van der Waals surface area contributed by atoms with E-state index in [2.05, 4.69) is 12.2 Å². The van der Waals surface area contributed by atoms with Gasteiger partial charge in [0.1, 0.15) is 5.82 Å². The third-order valence-electron chi connectivity index (χ3n) is 3.31. The van der Waals surface area contributed by atoms with Gasteiger partial charge in [0.15, 0.2) is 5.78 Å². The molecular weight excluding hydrogens is 273 g/mol. The number of halogens is 1. The highest BCUT2D eigenvalue weighted by Crippen LogP contribution is 2.12. The van der Waals surface area contributed by atoms with Crippen molar-refractivity contribution in [1.82, 2.24) is 5.32 Å². The van der Waals surface area contributed by atoms with Gasteiger partial charge in [0.25, 0.3) is 0 Å². The fourth-order valence-electron chi connectivity index (χ4n) is 2.08. The van der Waals surface area contributed by atoms with E-state index in [1.165, 1.54) is 18.2 Å². The van der Waals surface area contributed by atoms with Gasteiger partial charge in [-0.15, -0.1) is 0 Å². The molecular formula is C16H22FNO3. The lowest BCUT2D eigenvalue weighted by atomic mass is 9.99. The number of hydrogen-bond donors (Lipinski definition) is 2. The molecule has 1 aromatic carbocycles. The van der Waals surface area contributed by atoms with Crippen LogP contribution in [0.2, 0.25) is 0 Å². The molecule has 0 bridgehead atoms. The van der Waals surface area contributed by atoms with Crippen LogP contribution in [0.25, 0.3) is 0 Å². The highest BCUT2D eigenvalue weighted by atomic mass is 19.1. The SMILES string of the molecule is CCCCCNC(CC(=O)O)C(=O)c1ccc(F)c(C)c1. The van der Waals surface area contributed by atoms with Crippen LogP contribution in [0.15, 0.2) is 18.2 Å². The monoisotopic (exact) mass is 295 g/mol. The smallest absolute Gasteiger partial charge is 0.305 e. The van der Waals surface area contributed by atoms with Gasteiger partial charge in [-0.2, -0.15) is 0 Å². The molecule has 1 atom stereocenters. The standard InChI is InChI=1S/C16H22FNO3/c1-3-4-5-8-18-14(10-15(19)20)16(21)12-6-7-13(17)11(2)9-12/h6-7,9,14,18H,3-5,8,10H2,1-2H3,(H,19,20). The Hall–Kier alpha value is -1.75. The van der Waals surface area contributed by atoms with Crippen LogP contribution in [0.4, 0.5) is 4.39 Å². The van der Waals surface area contributed by atoms with Crippen LogP contribution in [0.3, 0.4) is 0 Å². The van der Waals surface area contributed by atoms with E-state index in [-0.39, 0.29) is 18.0 Å². The predicted octanol–water partition coefficient (Wildman–Crippen LogP) is 2.94. The van der Waals surface area contributed by atoms with E-state index in [1.54, 1.807) is 6.92 Å². The van der Waals surface area contributed by atoms with E-state index in [0.29, 0.717) is 17.7 Å². The van der Waals surface area contributed by atoms with Crippen LogP contribution < -0.4 is 5.32 Å². The molecule has 0 spiro atoms. The normalized spacial score (nSPS) is 12.1. The second kappa shape index (κ2) is 8.52. The van der Waals surface area contributed by atoms with E-state index in [1.807, 2.05) is 0 Å². The molecule has 4 nitrogen and oxygen atoms in total. The molecule has 21 heavy (non-hydrogen) atoms. The Bertz CT molecular complexity index is 502. The van der Waals surface area contributed by atoms with E-state index >= 15 is 0 Å². The van der Waals surface area contributed by atoms with E-state index in [0.717, 1.165) is 19.3 Å². The molecule has 0 fully saturated rings. The molecule has 116 valence electrons. The number of carbonyl (C=O) groups excluding carboxylic acids is 1. The number of carboxylic acid groups (broad SMARTS) is 1. The molecule has 1 unspecified atom stereocenters. The maximum Gasteiger partial charge on any atom is 0.305 e. The van der Waals surface area contributed by atoms with Crippen molar-refractivity contribution < 1.29 is 19.1 Å². The number of aryl methyl sites for hydroxylation is 1.